The second-order valence-corrected chi connectivity index (χ2v) is 29.1. The number of rotatable bonds is 73. The van der Waals surface area contributed by atoms with E-state index in [1.807, 2.05) is 21.1 Å². The fourth-order valence-electron chi connectivity index (χ4n) is 11.8. The molecule has 0 saturated carbocycles. The first-order valence-electron chi connectivity index (χ1n) is 38.5. The molecule has 0 fully saturated rings. The molecular weight excluding hydrogens is 1100 g/mol. The van der Waals surface area contributed by atoms with E-state index in [1.54, 1.807) is 0 Å². The third kappa shape index (κ3) is 73.4. The van der Waals surface area contributed by atoms with Gasteiger partial charge in [0.05, 0.1) is 27.7 Å². The second-order valence-electron chi connectivity index (χ2n) is 27.7. The number of nitrogens with zero attached hydrogens (tertiary/aromatic N) is 1. The lowest BCUT2D eigenvalue weighted by molar-refractivity contribution is -0.870. The van der Waals surface area contributed by atoms with Crippen molar-refractivity contribution < 1.29 is 42.1 Å². The van der Waals surface area contributed by atoms with Crippen LogP contribution in [-0.4, -0.2) is 70.0 Å². The molecule has 0 bridgehead atoms. The first-order valence-corrected chi connectivity index (χ1v) is 40.0. The number of quaternary nitrogens is 1. The Morgan fingerprint density at radius 1 is 0.356 bits per heavy atom. The molecule has 0 aliphatic rings. The van der Waals surface area contributed by atoms with Crippen LogP contribution in [0.15, 0.2) is 24.3 Å². The number of hydrogen-bond acceptors (Lipinski definition) is 8. The molecule has 516 valence electrons. The first-order chi connectivity index (χ1) is 42.5. The number of unbranched alkanes of at least 4 members (excludes halogenated alkanes) is 55. The van der Waals surface area contributed by atoms with Gasteiger partial charge >= 0.3 is 11.9 Å². The predicted molar refractivity (Wildman–Crippen MR) is 375 cm³/mol. The smallest absolute Gasteiger partial charge is 0.306 e. The van der Waals surface area contributed by atoms with Gasteiger partial charge in [-0.2, -0.15) is 0 Å². The molecule has 2 unspecified atom stereocenters. The fourth-order valence-corrected chi connectivity index (χ4v) is 12.5. The molecule has 0 amide bonds. The van der Waals surface area contributed by atoms with Gasteiger partial charge < -0.3 is 27.9 Å². The van der Waals surface area contributed by atoms with Crippen LogP contribution in [0.3, 0.4) is 0 Å². The third-order valence-electron chi connectivity index (χ3n) is 17.7. The normalized spacial score (nSPS) is 13.1. The van der Waals surface area contributed by atoms with Gasteiger partial charge in [0.2, 0.25) is 0 Å². The van der Waals surface area contributed by atoms with E-state index in [0.29, 0.717) is 17.4 Å². The van der Waals surface area contributed by atoms with E-state index in [-0.39, 0.29) is 32.0 Å². The van der Waals surface area contributed by atoms with Gasteiger partial charge in [0.15, 0.2) is 6.10 Å². The Morgan fingerprint density at radius 3 is 0.908 bits per heavy atom. The quantitative estimate of drug-likeness (QED) is 0.0195. The van der Waals surface area contributed by atoms with Crippen LogP contribution in [0, 0.1) is 0 Å². The number of allylic oxidation sites excluding steroid dienone is 4. The average molecular weight is 1250 g/mol. The number of hydrogen-bond donors (Lipinski definition) is 0. The summed E-state index contributed by atoms with van der Waals surface area (Å²) in [6, 6.07) is 0. The molecule has 0 spiro atoms. The molecular formula is C77H150NO8P. The van der Waals surface area contributed by atoms with E-state index in [9.17, 15) is 19.0 Å². The minimum atomic E-state index is -4.64. The minimum Gasteiger partial charge on any atom is -0.756 e. The van der Waals surface area contributed by atoms with Gasteiger partial charge in [0.25, 0.3) is 7.82 Å². The topological polar surface area (TPSA) is 111 Å². The molecule has 10 heteroatoms. The molecule has 0 aliphatic carbocycles. The van der Waals surface area contributed by atoms with Gasteiger partial charge in [-0.3, -0.25) is 14.2 Å². The number of phosphoric acid groups is 1. The van der Waals surface area contributed by atoms with Crippen LogP contribution in [0.4, 0.5) is 0 Å². The summed E-state index contributed by atoms with van der Waals surface area (Å²) in [6.45, 7) is 4.32. The number of carbonyl (C=O) groups excluding carboxylic acids is 2. The summed E-state index contributed by atoms with van der Waals surface area (Å²) in [5.74, 6) is -0.805. The molecule has 0 rings (SSSR count). The molecule has 87 heavy (non-hydrogen) atoms. The van der Waals surface area contributed by atoms with Crippen molar-refractivity contribution in [2.24, 2.45) is 0 Å². The van der Waals surface area contributed by atoms with Gasteiger partial charge in [0, 0.05) is 12.8 Å². The van der Waals surface area contributed by atoms with E-state index < -0.39 is 26.5 Å². The molecule has 0 aromatic carbocycles. The molecule has 0 N–H and O–H groups in total. The molecule has 0 aromatic rings. The van der Waals surface area contributed by atoms with Crippen molar-refractivity contribution in [3.63, 3.8) is 0 Å². The number of esters is 2. The Kier molecular flexibility index (Phi) is 67.7. The molecule has 9 nitrogen and oxygen atoms in total. The van der Waals surface area contributed by atoms with Gasteiger partial charge in [-0.15, -0.1) is 0 Å². The van der Waals surface area contributed by atoms with Crippen LogP contribution in [0.25, 0.3) is 0 Å². The Bertz CT molecular complexity index is 1510. The largest absolute Gasteiger partial charge is 0.756 e. The van der Waals surface area contributed by atoms with Crippen LogP contribution in [0.5, 0.6) is 0 Å². The Hall–Kier alpha value is -1.51. The lowest BCUT2D eigenvalue weighted by atomic mass is 10.0. The van der Waals surface area contributed by atoms with E-state index in [4.69, 9.17) is 18.5 Å². The second kappa shape index (κ2) is 68.8. The van der Waals surface area contributed by atoms with Crippen molar-refractivity contribution in [3.8, 4) is 0 Å². The van der Waals surface area contributed by atoms with E-state index >= 15 is 0 Å². The summed E-state index contributed by atoms with van der Waals surface area (Å²) in [5.41, 5.74) is 0. The van der Waals surface area contributed by atoms with Crippen molar-refractivity contribution in [2.45, 2.75) is 412 Å². The van der Waals surface area contributed by atoms with E-state index in [1.165, 1.54) is 334 Å². The van der Waals surface area contributed by atoms with Crippen molar-refractivity contribution in [1.29, 1.82) is 0 Å². The minimum absolute atomic E-state index is 0.0259. The Morgan fingerprint density at radius 2 is 0.621 bits per heavy atom. The van der Waals surface area contributed by atoms with Crippen LogP contribution >= 0.6 is 7.82 Å². The summed E-state index contributed by atoms with van der Waals surface area (Å²) >= 11 is 0. The zero-order valence-corrected chi connectivity index (χ0v) is 59.9. The lowest BCUT2D eigenvalue weighted by Gasteiger charge is -2.28. The van der Waals surface area contributed by atoms with E-state index in [0.717, 1.165) is 38.5 Å². The summed E-state index contributed by atoms with van der Waals surface area (Å²) in [7, 11) is 1.19. The van der Waals surface area contributed by atoms with Crippen LogP contribution in [0.2, 0.25) is 0 Å². The highest BCUT2D eigenvalue weighted by Crippen LogP contribution is 2.38. The molecule has 0 saturated heterocycles. The van der Waals surface area contributed by atoms with Crippen molar-refractivity contribution in [3.05, 3.63) is 24.3 Å². The van der Waals surface area contributed by atoms with Crippen LogP contribution in [0.1, 0.15) is 406 Å². The summed E-state index contributed by atoms with van der Waals surface area (Å²) in [5, 5.41) is 0. The maximum atomic E-state index is 12.9. The number of phosphoric ester groups is 1. The number of ether oxygens (including phenoxy) is 2. The first kappa shape index (κ1) is 85.5. The fraction of sp³-hybridized carbons (Fsp3) is 0.922. The Labute approximate surface area is 542 Å². The maximum absolute atomic E-state index is 12.9. The van der Waals surface area contributed by atoms with Gasteiger partial charge in [-0.05, 0) is 44.9 Å². The lowest BCUT2D eigenvalue weighted by Crippen LogP contribution is -2.37. The van der Waals surface area contributed by atoms with Gasteiger partial charge in [-0.25, -0.2) is 0 Å². The molecule has 0 radical (unpaired) electrons. The number of carbonyl (C=O) groups is 2. The maximum Gasteiger partial charge on any atom is 0.306 e. The van der Waals surface area contributed by atoms with Crippen LogP contribution < -0.4 is 4.89 Å². The zero-order valence-electron chi connectivity index (χ0n) is 59.0. The number of likely N-dealkylation sites (N-methyl/N-ethyl adjacent to an activating group) is 1. The highest BCUT2D eigenvalue weighted by Gasteiger charge is 2.22. The van der Waals surface area contributed by atoms with E-state index in [2.05, 4.69) is 38.2 Å². The molecule has 0 aliphatic heterocycles. The highest BCUT2D eigenvalue weighted by molar-refractivity contribution is 7.45. The van der Waals surface area contributed by atoms with Crippen molar-refractivity contribution in [1.82, 2.24) is 0 Å². The summed E-state index contributed by atoms with van der Waals surface area (Å²) in [6.07, 6.45) is 87.3. The molecule has 2 atom stereocenters. The van der Waals surface area contributed by atoms with Crippen molar-refractivity contribution >= 4 is 19.8 Å². The highest BCUT2D eigenvalue weighted by atomic mass is 31.2. The summed E-state index contributed by atoms with van der Waals surface area (Å²) < 4.78 is 34.4. The average Bonchev–Trinajstić information content (AvgIpc) is 3.50. The van der Waals surface area contributed by atoms with Gasteiger partial charge in [0.1, 0.15) is 19.8 Å². The molecule has 0 aromatic heterocycles. The standard InChI is InChI=1S/C77H150NO8P/c1-6-8-10-12-14-16-18-20-22-24-26-28-30-31-32-33-34-35-36-37-38-39-40-41-42-43-44-45-46-47-48-50-52-54-56-58-60-62-64-66-68-70-77(80)86-75(74-85-87(81,82)84-72-71-78(3,4)5)73-83-76(79)69-67-65-63-61-59-57-55-53-51-49-29-27-25-23-21-19-17-15-13-11-9-7-2/h18,20,24,26,75H,6-17,19,21-23,25,27-74H2,1-5H3/b20-18-,26-24-. The molecule has 0 heterocycles. The Balaban J connectivity index is 3.86. The SMILES string of the molecule is CCCCCCC/C=C\C/C=C\CCCCCCCCCCCCCCCCCCCCCCCCCCCCCCCC(=O)OC(COC(=O)CCCCCCCCCCCCCCCCCCCCCCCC)COP(=O)([O-])OCC[N+](C)(C)C. The predicted octanol–water partition coefficient (Wildman–Crippen LogP) is 24.6. The third-order valence-corrected chi connectivity index (χ3v) is 18.7. The van der Waals surface area contributed by atoms with Crippen molar-refractivity contribution in [2.75, 3.05) is 47.5 Å². The van der Waals surface area contributed by atoms with Gasteiger partial charge in [-0.1, -0.05) is 372 Å². The monoisotopic (exact) mass is 1250 g/mol. The van der Waals surface area contributed by atoms with Crippen LogP contribution in [-0.2, 0) is 32.7 Å². The summed E-state index contributed by atoms with van der Waals surface area (Å²) in [4.78, 5) is 38.1. The zero-order chi connectivity index (χ0) is 63.4.